The van der Waals surface area contributed by atoms with Crippen molar-refractivity contribution in [3.05, 3.63) is 77.9 Å². The minimum atomic E-state index is -0.997. The molecule has 3 aliphatic rings. The highest BCUT2D eigenvalue weighted by Gasteiger charge is 2.74. The molecule has 2 bridgehead atoms. The maximum atomic E-state index is 14.7. The highest BCUT2D eigenvalue weighted by atomic mass is 32.2. The molecule has 194 valence electrons. The fourth-order valence-corrected chi connectivity index (χ4v) is 8.80. The van der Waals surface area contributed by atoms with Gasteiger partial charge in [-0.3, -0.25) is 14.4 Å². The van der Waals surface area contributed by atoms with E-state index in [2.05, 4.69) is 6.58 Å². The van der Waals surface area contributed by atoms with Gasteiger partial charge in [0.25, 0.3) is 5.91 Å². The van der Waals surface area contributed by atoms with Crippen LogP contribution in [-0.2, 0) is 14.4 Å². The molecule has 2 amide bonds. The Morgan fingerprint density at radius 3 is 2.62 bits per heavy atom. The Kier molecular flexibility index (Phi) is 6.66. The summed E-state index contributed by atoms with van der Waals surface area (Å²) in [4.78, 5) is 44.4. The Balaban J connectivity index is 1.67. The number of likely N-dealkylation sites (tertiary alicyclic amines) is 1. The van der Waals surface area contributed by atoms with Gasteiger partial charge in [0.05, 0.1) is 29.2 Å². The maximum absolute atomic E-state index is 14.7. The second kappa shape index (κ2) is 9.65. The first-order chi connectivity index (χ1) is 17.7. The second-order valence-electron chi connectivity index (χ2n) is 10.3. The molecule has 2 N–H and O–H groups in total. The van der Waals surface area contributed by atoms with E-state index in [0.29, 0.717) is 18.4 Å². The van der Waals surface area contributed by atoms with Crippen LogP contribution in [0.15, 0.2) is 61.2 Å². The first kappa shape index (κ1) is 25.5. The number of anilines is 1. The van der Waals surface area contributed by atoms with Crippen LogP contribution < -0.4 is 4.90 Å². The summed E-state index contributed by atoms with van der Waals surface area (Å²) in [6.07, 6.45) is 2.89. The highest BCUT2D eigenvalue weighted by Crippen LogP contribution is 2.67. The molecule has 2 aromatic rings. The number of thioether (sulfide) groups is 1. The number of rotatable bonds is 8. The summed E-state index contributed by atoms with van der Waals surface area (Å²) in [6.45, 7) is 7.64. The van der Waals surface area contributed by atoms with Crippen molar-refractivity contribution in [3.8, 4) is 0 Å². The van der Waals surface area contributed by atoms with Gasteiger partial charge in [-0.05, 0) is 49.4 Å². The number of benzene rings is 2. The van der Waals surface area contributed by atoms with Gasteiger partial charge in [-0.2, -0.15) is 0 Å². The van der Waals surface area contributed by atoms with E-state index in [1.54, 1.807) is 11.0 Å². The molecule has 2 unspecified atom stereocenters. The van der Waals surface area contributed by atoms with E-state index in [-0.39, 0.29) is 30.2 Å². The van der Waals surface area contributed by atoms with Gasteiger partial charge in [-0.15, -0.1) is 18.3 Å². The van der Waals surface area contributed by atoms with Crippen molar-refractivity contribution in [3.63, 3.8) is 0 Å². The summed E-state index contributed by atoms with van der Waals surface area (Å²) in [5.74, 6) is -3.29. The molecule has 6 atom stereocenters. The number of carboxylic acid groups (broad SMARTS) is 1. The lowest BCUT2D eigenvalue weighted by atomic mass is 9.71. The maximum Gasteiger partial charge on any atom is 0.308 e. The molecule has 5 rings (SSSR count). The number of aliphatic carboxylic acids is 1. The number of hydrogen-bond acceptors (Lipinski definition) is 5. The molecular formula is C29H32N2O5S. The van der Waals surface area contributed by atoms with Crippen LogP contribution >= 0.6 is 11.8 Å². The summed E-state index contributed by atoms with van der Waals surface area (Å²) in [7, 11) is 0. The number of carboxylic acids is 1. The third-order valence-corrected chi connectivity index (χ3v) is 10.1. The Labute approximate surface area is 221 Å². The number of carbonyl (C=O) groups is 3. The van der Waals surface area contributed by atoms with Gasteiger partial charge in [0.2, 0.25) is 5.91 Å². The van der Waals surface area contributed by atoms with Gasteiger partial charge in [0.15, 0.2) is 0 Å². The zero-order chi connectivity index (χ0) is 26.5. The Hall–Kier alpha value is -3.10. The Morgan fingerprint density at radius 1 is 1.24 bits per heavy atom. The van der Waals surface area contributed by atoms with Crippen LogP contribution in [0, 0.1) is 25.7 Å². The molecule has 2 aromatic carbocycles. The predicted octanol–water partition coefficient (Wildman–Crippen LogP) is 3.73. The lowest BCUT2D eigenvalue weighted by molar-refractivity contribution is -0.149. The van der Waals surface area contributed by atoms with E-state index in [1.165, 1.54) is 16.7 Å². The molecule has 3 saturated heterocycles. The molecule has 0 aliphatic carbocycles. The van der Waals surface area contributed by atoms with Crippen molar-refractivity contribution < 1.29 is 24.6 Å². The van der Waals surface area contributed by atoms with Crippen LogP contribution in [0.2, 0.25) is 0 Å². The number of aliphatic hydroxyl groups is 1. The third kappa shape index (κ3) is 3.89. The molecule has 0 saturated carbocycles. The van der Waals surface area contributed by atoms with Crippen LogP contribution in [0.3, 0.4) is 0 Å². The fraction of sp³-hybridized carbons (Fsp3) is 0.414. The van der Waals surface area contributed by atoms with Gasteiger partial charge in [-0.25, -0.2) is 0 Å². The van der Waals surface area contributed by atoms with Crippen molar-refractivity contribution >= 4 is 35.2 Å². The second-order valence-corrected chi connectivity index (χ2v) is 11.9. The summed E-state index contributed by atoms with van der Waals surface area (Å²) in [5.41, 5.74) is 3.36. The molecular weight excluding hydrogens is 488 g/mol. The number of aryl methyl sites for hydroxylation is 2. The predicted molar refractivity (Wildman–Crippen MR) is 143 cm³/mol. The molecule has 0 aromatic heterocycles. The van der Waals surface area contributed by atoms with E-state index in [0.717, 1.165) is 16.8 Å². The van der Waals surface area contributed by atoms with Gasteiger partial charge < -0.3 is 20.0 Å². The van der Waals surface area contributed by atoms with Crippen LogP contribution in [0.4, 0.5) is 5.69 Å². The van der Waals surface area contributed by atoms with Crippen molar-refractivity contribution in [2.75, 3.05) is 18.1 Å². The number of amides is 2. The van der Waals surface area contributed by atoms with Crippen LogP contribution in [0.1, 0.15) is 35.6 Å². The average molecular weight is 521 g/mol. The minimum absolute atomic E-state index is 0.207. The van der Waals surface area contributed by atoms with E-state index in [4.69, 9.17) is 0 Å². The lowest BCUT2D eigenvalue weighted by Crippen LogP contribution is -2.56. The van der Waals surface area contributed by atoms with Gasteiger partial charge in [0, 0.05) is 17.5 Å². The summed E-state index contributed by atoms with van der Waals surface area (Å²) < 4.78 is -0.860. The van der Waals surface area contributed by atoms with Crippen molar-refractivity contribution in [2.24, 2.45) is 11.8 Å². The first-order valence-corrected chi connectivity index (χ1v) is 13.5. The molecule has 7 nitrogen and oxygen atoms in total. The van der Waals surface area contributed by atoms with E-state index < -0.39 is 34.6 Å². The Bertz CT molecular complexity index is 1250. The summed E-state index contributed by atoms with van der Waals surface area (Å²) in [5, 5.41) is 20.5. The van der Waals surface area contributed by atoms with Crippen molar-refractivity contribution in [1.29, 1.82) is 0 Å². The number of aliphatic hydroxyl groups excluding tert-OH is 1. The zero-order valence-corrected chi connectivity index (χ0v) is 21.9. The molecule has 0 radical (unpaired) electrons. The SMILES string of the molecule is C=CCN(C(=O)C1N([C@H](CO)c2ccccc2)C(=O)[C@@H]2[C@@H](C(=O)O)[C@H]3CCC12S3)c1cc(C)ccc1C. The number of nitrogens with zero attached hydrogens (tertiary/aromatic N) is 2. The monoisotopic (exact) mass is 520 g/mol. The summed E-state index contributed by atoms with van der Waals surface area (Å²) in [6, 6.07) is 13.4. The van der Waals surface area contributed by atoms with Gasteiger partial charge >= 0.3 is 5.97 Å². The van der Waals surface area contributed by atoms with Crippen LogP contribution in [0.25, 0.3) is 0 Å². The largest absolute Gasteiger partial charge is 0.481 e. The van der Waals surface area contributed by atoms with Gasteiger partial charge in [-0.1, -0.05) is 48.5 Å². The quantitative estimate of drug-likeness (QED) is 0.515. The number of hydrogen-bond donors (Lipinski definition) is 2. The minimum Gasteiger partial charge on any atom is -0.481 e. The standard InChI is InChI=1S/C29H32N2O5S/c1-4-14-30(20-15-17(2)10-11-18(20)3)27(34)25-29-13-12-22(37-29)23(28(35)36)24(29)26(33)31(25)21(16-32)19-8-6-5-7-9-19/h4-11,15,21-25,32H,1,12-14,16H2,2-3H3,(H,35,36)/t21-,22-,23+,24+,25?,29?/m1/s1. The smallest absolute Gasteiger partial charge is 0.308 e. The topological polar surface area (TPSA) is 98.2 Å². The molecule has 3 fully saturated rings. The number of fused-ring (bicyclic) bond motifs is 1. The van der Waals surface area contributed by atoms with Crippen LogP contribution in [-0.4, -0.2) is 62.1 Å². The fourth-order valence-electron chi connectivity index (χ4n) is 6.61. The van der Waals surface area contributed by atoms with E-state index in [1.807, 2.05) is 62.4 Å². The molecule has 3 heterocycles. The average Bonchev–Trinajstić information content (AvgIpc) is 3.53. The molecule has 37 heavy (non-hydrogen) atoms. The molecule has 1 spiro atoms. The van der Waals surface area contributed by atoms with E-state index in [9.17, 15) is 24.6 Å². The van der Waals surface area contributed by atoms with Crippen molar-refractivity contribution in [2.45, 2.75) is 48.8 Å². The molecule has 3 aliphatic heterocycles. The normalized spacial score (nSPS) is 28.7. The van der Waals surface area contributed by atoms with E-state index >= 15 is 0 Å². The third-order valence-electron chi connectivity index (χ3n) is 8.18. The Morgan fingerprint density at radius 2 is 1.97 bits per heavy atom. The van der Waals surface area contributed by atoms with Gasteiger partial charge in [0.1, 0.15) is 6.04 Å². The zero-order valence-electron chi connectivity index (χ0n) is 21.0. The number of carbonyl (C=O) groups excluding carboxylic acids is 2. The summed E-state index contributed by atoms with van der Waals surface area (Å²) >= 11 is 1.49. The first-order valence-electron chi connectivity index (χ1n) is 12.6. The lowest BCUT2D eigenvalue weighted by Gasteiger charge is -2.40. The highest BCUT2D eigenvalue weighted by molar-refractivity contribution is 8.02. The van der Waals surface area contributed by atoms with Crippen LogP contribution in [0.5, 0.6) is 0 Å². The molecule has 8 heteroatoms. The van der Waals surface area contributed by atoms with Crippen molar-refractivity contribution in [1.82, 2.24) is 4.90 Å².